The first kappa shape index (κ1) is 10.7. The van der Waals surface area contributed by atoms with Gasteiger partial charge in [0.25, 0.3) is 5.91 Å². The van der Waals surface area contributed by atoms with E-state index in [1.807, 2.05) is 26.0 Å². The van der Waals surface area contributed by atoms with Crippen molar-refractivity contribution < 1.29 is 9.59 Å². The number of carbonyl (C=O) groups excluding carboxylic acids is 2. The van der Waals surface area contributed by atoms with Crippen molar-refractivity contribution in [3.05, 3.63) is 28.8 Å². The quantitative estimate of drug-likeness (QED) is 0.749. The Labute approximate surface area is 94.0 Å². The van der Waals surface area contributed by atoms with Crippen LogP contribution in [-0.2, 0) is 9.59 Å². The van der Waals surface area contributed by atoms with Crippen LogP contribution in [0.4, 0.5) is 5.69 Å². The normalized spacial score (nSPS) is 17.9. The van der Waals surface area contributed by atoms with Crippen LogP contribution in [0.2, 0.25) is 0 Å². The second-order valence-electron chi connectivity index (χ2n) is 4.11. The van der Waals surface area contributed by atoms with Gasteiger partial charge in [-0.25, -0.2) is 0 Å². The Kier molecular flexibility index (Phi) is 2.42. The van der Waals surface area contributed by atoms with Crippen LogP contribution in [-0.4, -0.2) is 11.8 Å². The predicted octanol–water partition coefficient (Wildman–Crippen LogP) is 1.43. The zero-order valence-electron chi connectivity index (χ0n) is 9.55. The SMILES string of the molecule is CC(=O)NC1C(=O)Nc2c(C)ccc(C)c21. The maximum absolute atomic E-state index is 11.7. The summed E-state index contributed by atoms with van der Waals surface area (Å²) in [5.41, 5.74) is 3.75. The molecule has 0 radical (unpaired) electrons. The van der Waals surface area contributed by atoms with E-state index in [-0.39, 0.29) is 11.8 Å². The fourth-order valence-electron chi connectivity index (χ4n) is 2.04. The van der Waals surface area contributed by atoms with Gasteiger partial charge >= 0.3 is 0 Å². The van der Waals surface area contributed by atoms with Crippen molar-refractivity contribution in [1.29, 1.82) is 0 Å². The third-order valence-electron chi connectivity index (χ3n) is 2.82. The molecule has 0 fully saturated rings. The van der Waals surface area contributed by atoms with Gasteiger partial charge in [-0.2, -0.15) is 0 Å². The molecule has 1 atom stereocenters. The van der Waals surface area contributed by atoms with Crippen molar-refractivity contribution >= 4 is 17.5 Å². The third kappa shape index (κ3) is 1.56. The number of anilines is 1. The Hall–Kier alpha value is -1.84. The van der Waals surface area contributed by atoms with Crippen molar-refractivity contribution in [2.75, 3.05) is 5.32 Å². The summed E-state index contributed by atoms with van der Waals surface area (Å²) in [4.78, 5) is 22.8. The number of aryl methyl sites for hydroxylation is 2. The first-order valence-corrected chi connectivity index (χ1v) is 5.18. The van der Waals surface area contributed by atoms with E-state index in [4.69, 9.17) is 0 Å². The zero-order valence-corrected chi connectivity index (χ0v) is 9.55. The monoisotopic (exact) mass is 218 g/mol. The molecule has 2 amide bonds. The molecule has 0 aliphatic carbocycles. The lowest BCUT2D eigenvalue weighted by Gasteiger charge is -2.12. The standard InChI is InChI=1S/C12H14N2O2/c1-6-4-5-7(2)10-9(6)11(12(16)14-10)13-8(3)15/h4-5,11H,1-3H3,(H,13,15)(H,14,16). The van der Waals surface area contributed by atoms with Gasteiger partial charge in [-0.1, -0.05) is 12.1 Å². The summed E-state index contributed by atoms with van der Waals surface area (Å²) >= 11 is 0. The van der Waals surface area contributed by atoms with E-state index in [0.717, 1.165) is 22.4 Å². The average molecular weight is 218 g/mol. The highest BCUT2D eigenvalue weighted by molar-refractivity contribution is 6.05. The molecule has 0 aromatic heterocycles. The molecule has 1 aromatic rings. The Bertz CT molecular complexity index is 480. The molecule has 1 heterocycles. The number of hydrogen-bond acceptors (Lipinski definition) is 2. The summed E-state index contributed by atoms with van der Waals surface area (Å²) in [6.07, 6.45) is 0. The molecule has 1 aliphatic rings. The summed E-state index contributed by atoms with van der Waals surface area (Å²) in [5, 5.41) is 5.47. The maximum atomic E-state index is 11.7. The van der Waals surface area contributed by atoms with Crippen LogP contribution in [0.3, 0.4) is 0 Å². The molecule has 1 aromatic carbocycles. The first-order chi connectivity index (χ1) is 7.50. The summed E-state index contributed by atoms with van der Waals surface area (Å²) in [6.45, 7) is 5.29. The van der Waals surface area contributed by atoms with E-state index in [2.05, 4.69) is 10.6 Å². The van der Waals surface area contributed by atoms with Gasteiger partial charge in [-0.05, 0) is 25.0 Å². The topological polar surface area (TPSA) is 58.2 Å². The van der Waals surface area contributed by atoms with Gasteiger partial charge in [0.05, 0.1) is 0 Å². The minimum absolute atomic E-state index is 0.164. The molecule has 16 heavy (non-hydrogen) atoms. The number of fused-ring (bicyclic) bond motifs is 1. The smallest absolute Gasteiger partial charge is 0.251 e. The largest absolute Gasteiger partial charge is 0.341 e. The lowest BCUT2D eigenvalue weighted by Crippen LogP contribution is -2.31. The Morgan fingerprint density at radius 1 is 1.31 bits per heavy atom. The van der Waals surface area contributed by atoms with Gasteiger partial charge in [0.1, 0.15) is 6.04 Å². The first-order valence-electron chi connectivity index (χ1n) is 5.18. The summed E-state index contributed by atoms with van der Waals surface area (Å²) in [6, 6.07) is 3.38. The van der Waals surface area contributed by atoms with Crippen LogP contribution in [0.15, 0.2) is 12.1 Å². The van der Waals surface area contributed by atoms with Crippen LogP contribution in [0, 0.1) is 13.8 Å². The lowest BCUT2D eigenvalue weighted by molar-refractivity contribution is -0.124. The lowest BCUT2D eigenvalue weighted by atomic mass is 9.99. The Morgan fingerprint density at radius 3 is 2.56 bits per heavy atom. The van der Waals surface area contributed by atoms with E-state index in [0.29, 0.717) is 0 Å². The van der Waals surface area contributed by atoms with Gasteiger partial charge in [0, 0.05) is 18.2 Å². The Morgan fingerprint density at radius 2 is 1.94 bits per heavy atom. The molecule has 0 saturated carbocycles. The molecule has 2 rings (SSSR count). The third-order valence-corrected chi connectivity index (χ3v) is 2.82. The van der Waals surface area contributed by atoms with Gasteiger partial charge in [-0.3, -0.25) is 9.59 Å². The van der Waals surface area contributed by atoms with Crippen LogP contribution >= 0.6 is 0 Å². The molecule has 4 heteroatoms. The van der Waals surface area contributed by atoms with E-state index in [1.165, 1.54) is 6.92 Å². The van der Waals surface area contributed by atoms with Crippen molar-refractivity contribution in [1.82, 2.24) is 5.32 Å². The van der Waals surface area contributed by atoms with Crippen molar-refractivity contribution in [3.8, 4) is 0 Å². The van der Waals surface area contributed by atoms with Gasteiger partial charge in [-0.15, -0.1) is 0 Å². The van der Waals surface area contributed by atoms with Crippen molar-refractivity contribution in [2.45, 2.75) is 26.8 Å². The minimum atomic E-state index is -0.549. The molecule has 84 valence electrons. The van der Waals surface area contributed by atoms with Crippen LogP contribution in [0.25, 0.3) is 0 Å². The molecule has 0 spiro atoms. The second-order valence-corrected chi connectivity index (χ2v) is 4.11. The fraction of sp³-hybridized carbons (Fsp3) is 0.333. The van der Waals surface area contributed by atoms with Gasteiger partial charge < -0.3 is 10.6 Å². The second kappa shape index (κ2) is 3.63. The fourth-order valence-corrected chi connectivity index (χ4v) is 2.04. The van der Waals surface area contributed by atoms with E-state index < -0.39 is 6.04 Å². The molecule has 2 N–H and O–H groups in total. The highest BCUT2D eigenvalue weighted by Gasteiger charge is 2.33. The number of hydrogen-bond donors (Lipinski definition) is 2. The highest BCUT2D eigenvalue weighted by atomic mass is 16.2. The number of benzene rings is 1. The number of amides is 2. The van der Waals surface area contributed by atoms with E-state index in [1.54, 1.807) is 0 Å². The predicted molar refractivity (Wildman–Crippen MR) is 61.1 cm³/mol. The van der Waals surface area contributed by atoms with Gasteiger partial charge in [0.2, 0.25) is 5.91 Å². The summed E-state index contributed by atoms with van der Waals surface area (Å²) < 4.78 is 0. The summed E-state index contributed by atoms with van der Waals surface area (Å²) in [7, 11) is 0. The van der Waals surface area contributed by atoms with E-state index >= 15 is 0 Å². The van der Waals surface area contributed by atoms with Crippen LogP contribution < -0.4 is 10.6 Å². The van der Waals surface area contributed by atoms with Gasteiger partial charge in [0.15, 0.2) is 0 Å². The number of carbonyl (C=O) groups is 2. The van der Waals surface area contributed by atoms with E-state index in [9.17, 15) is 9.59 Å². The molecule has 1 unspecified atom stereocenters. The van der Waals surface area contributed by atoms with Crippen LogP contribution in [0.5, 0.6) is 0 Å². The number of nitrogens with one attached hydrogen (secondary N) is 2. The van der Waals surface area contributed by atoms with Crippen LogP contribution in [0.1, 0.15) is 29.7 Å². The van der Waals surface area contributed by atoms with Crippen molar-refractivity contribution in [3.63, 3.8) is 0 Å². The molecular weight excluding hydrogens is 204 g/mol. The molecular formula is C12H14N2O2. The maximum Gasteiger partial charge on any atom is 0.251 e. The number of rotatable bonds is 1. The molecule has 0 saturated heterocycles. The van der Waals surface area contributed by atoms with Crippen molar-refractivity contribution in [2.24, 2.45) is 0 Å². The average Bonchev–Trinajstić information content (AvgIpc) is 2.51. The summed E-state index contributed by atoms with van der Waals surface area (Å²) in [5.74, 6) is -0.364. The minimum Gasteiger partial charge on any atom is -0.341 e. The highest BCUT2D eigenvalue weighted by Crippen LogP contribution is 2.35. The zero-order chi connectivity index (χ0) is 11.9. The Balaban J connectivity index is 2.51. The molecule has 1 aliphatic heterocycles. The molecule has 4 nitrogen and oxygen atoms in total. The molecule has 0 bridgehead atoms.